The molecule has 0 saturated heterocycles. The van der Waals surface area contributed by atoms with E-state index in [-0.39, 0.29) is 17.6 Å². The summed E-state index contributed by atoms with van der Waals surface area (Å²) >= 11 is 0. The van der Waals surface area contributed by atoms with Crippen LogP contribution >= 0.6 is 0 Å². The number of carbonyl (C=O) groups excluding carboxylic acids is 1. The van der Waals surface area contributed by atoms with Crippen LogP contribution in [0.3, 0.4) is 0 Å². The molecule has 7 heteroatoms. The van der Waals surface area contributed by atoms with E-state index in [9.17, 15) is 13.2 Å². The predicted octanol–water partition coefficient (Wildman–Crippen LogP) is 2.97. The lowest BCUT2D eigenvalue weighted by Crippen LogP contribution is -2.37. The zero-order valence-corrected chi connectivity index (χ0v) is 16.5. The van der Waals surface area contributed by atoms with Crippen LogP contribution in [0.4, 0.5) is 0 Å². The van der Waals surface area contributed by atoms with Crippen LogP contribution in [0.15, 0.2) is 24.3 Å². The van der Waals surface area contributed by atoms with Crippen LogP contribution in [0.2, 0.25) is 0 Å². The molecule has 1 aromatic carbocycles. The Morgan fingerprint density at radius 2 is 1.81 bits per heavy atom. The molecule has 0 N–H and O–H groups in total. The van der Waals surface area contributed by atoms with E-state index in [0.29, 0.717) is 19.7 Å². The van der Waals surface area contributed by atoms with Gasteiger partial charge in [-0.05, 0) is 37.0 Å². The summed E-state index contributed by atoms with van der Waals surface area (Å²) in [5, 5.41) is 0. The van der Waals surface area contributed by atoms with Gasteiger partial charge in [0.15, 0.2) is 0 Å². The number of hydrogen-bond acceptors (Lipinski definition) is 5. The van der Waals surface area contributed by atoms with Crippen molar-refractivity contribution in [1.82, 2.24) is 4.90 Å². The van der Waals surface area contributed by atoms with Gasteiger partial charge in [0.25, 0.3) is 0 Å². The van der Waals surface area contributed by atoms with Gasteiger partial charge in [0.2, 0.25) is 5.91 Å². The zero-order valence-electron chi connectivity index (χ0n) is 15.6. The fourth-order valence-corrected chi connectivity index (χ4v) is 3.78. The highest BCUT2D eigenvalue weighted by atomic mass is 32.2. The molecule has 1 fully saturated rings. The third-order valence-corrected chi connectivity index (χ3v) is 5.08. The van der Waals surface area contributed by atoms with Crippen LogP contribution in [0.1, 0.15) is 44.1 Å². The van der Waals surface area contributed by atoms with E-state index in [1.807, 2.05) is 4.90 Å². The Morgan fingerprint density at radius 3 is 2.38 bits per heavy atom. The second-order valence-corrected chi connectivity index (χ2v) is 8.45. The van der Waals surface area contributed by atoms with Crippen molar-refractivity contribution >= 4 is 16.0 Å². The quantitative estimate of drug-likeness (QED) is 0.484. The number of amides is 1. The minimum atomic E-state index is -3.53. The summed E-state index contributed by atoms with van der Waals surface area (Å²) in [6.45, 7) is 1.79. The Bertz CT molecular complexity index is 666. The van der Waals surface area contributed by atoms with Gasteiger partial charge in [-0.2, -0.15) is 8.42 Å². The number of hydrogen-bond donors (Lipinski definition) is 0. The first-order chi connectivity index (χ1) is 12.4. The Morgan fingerprint density at radius 1 is 1.15 bits per heavy atom. The molecule has 1 saturated carbocycles. The molecule has 0 aliphatic heterocycles. The van der Waals surface area contributed by atoms with Crippen molar-refractivity contribution in [2.24, 2.45) is 5.92 Å². The van der Waals surface area contributed by atoms with Crippen molar-refractivity contribution in [3.8, 4) is 5.75 Å². The first kappa shape index (κ1) is 20.7. The molecule has 0 spiro atoms. The third kappa shape index (κ3) is 6.96. The van der Waals surface area contributed by atoms with Crippen molar-refractivity contribution in [1.29, 1.82) is 0 Å². The summed E-state index contributed by atoms with van der Waals surface area (Å²) in [6.07, 6.45) is 7.22. The fourth-order valence-electron chi connectivity index (χ4n) is 3.32. The van der Waals surface area contributed by atoms with E-state index in [1.54, 1.807) is 31.4 Å². The van der Waals surface area contributed by atoms with Crippen LogP contribution in [0.5, 0.6) is 5.75 Å². The maximum Gasteiger partial charge on any atom is 0.306 e. The maximum atomic E-state index is 12.9. The zero-order chi connectivity index (χ0) is 19.0. The smallest absolute Gasteiger partial charge is 0.306 e. The van der Waals surface area contributed by atoms with Gasteiger partial charge in [0.05, 0.1) is 6.26 Å². The normalized spacial score (nSPS) is 15.6. The molecule has 0 radical (unpaired) electrons. The van der Waals surface area contributed by atoms with Gasteiger partial charge in [0.1, 0.15) is 5.75 Å². The highest BCUT2D eigenvalue weighted by Crippen LogP contribution is 2.26. The van der Waals surface area contributed by atoms with Gasteiger partial charge in [-0.25, -0.2) is 0 Å². The molecule has 6 nitrogen and oxygen atoms in total. The van der Waals surface area contributed by atoms with E-state index < -0.39 is 10.1 Å². The number of benzene rings is 1. The summed E-state index contributed by atoms with van der Waals surface area (Å²) in [5.41, 5.74) is 0.951. The monoisotopic (exact) mass is 383 g/mol. The molecule has 0 bridgehead atoms. The maximum absolute atomic E-state index is 12.9. The molecule has 2 rings (SSSR count). The lowest BCUT2D eigenvalue weighted by atomic mass is 9.88. The number of methoxy groups -OCH3 is 1. The lowest BCUT2D eigenvalue weighted by Gasteiger charge is -2.29. The summed E-state index contributed by atoms with van der Waals surface area (Å²) < 4.78 is 32.4. The first-order valence-electron chi connectivity index (χ1n) is 9.15. The largest absolute Gasteiger partial charge is 0.385 e. The molecule has 146 valence electrons. The van der Waals surface area contributed by atoms with E-state index in [1.165, 1.54) is 6.42 Å². The van der Waals surface area contributed by atoms with Crippen LogP contribution in [-0.2, 0) is 26.2 Å². The molecule has 26 heavy (non-hydrogen) atoms. The topological polar surface area (TPSA) is 72.9 Å². The Balaban J connectivity index is 2.03. The number of rotatable bonds is 9. The van der Waals surface area contributed by atoms with Crippen molar-refractivity contribution in [2.45, 2.75) is 45.1 Å². The van der Waals surface area contributed by atoms with Crippen LogP contribution in [0, 0.1) is 5.92 Å². The summed E-state index contributed by atoms with van der Waals surface area (Å²) in [4.78, 5) is 14.8. The molecule has 0 heterocycles. The van der Waals surface area contributed by atoms with Crippen molar-refractivity contribution in [3.63, 3.8) is 0 Å². The number of carbonyl (C=O) groups is 1. The van der Waals surface area contributed by atoms with Gasteiger partial charge in [-0.1, -0.05) is 31.4 Å². The van der Waals surface area contributed by atoms with E-state index >= 15 is 0 Å². The minimum absolute atomic E-state index is 0.124. The average molecular weight is 384 g/mol. The summed E-state index contributed by atoms with van der Waals surface area (Å²) in [5.74, 6) is 0.622. The van der Waals surface area contributed by atoms with Gasteiger partial charge >= 0.3 is 10.1 Å². The molecular formula is C19H29NO5S. The first-order valence-corrected chi connectivity index (χ1v) is 11.0. The van der Waals surface area contributed by atoms with Crippen LogP contribution in [0.25, 0.3) is 0 Å². The average Bonchev–Trinajstić information content (AvgIpc) is 2.61. The van der Waals surface area contributed by atoms with E-state index in [0.717, 1.165) is 43.9 Å². The van der Waals surface area contributed by atoms with Crippen molar-refractivity contribution in [3.05, 3.63) is 29.8 Å². The van der Waals surface area contributed by atoms with Crippen LogP contribution < -0.4 is 4.18 Å². The van der Waals surface area contributed by atoms with Gasteiger partial charge < -0.3 is 13.8 Å². The van der Waals surface area contributed by atoms with Crippen LogP contribution in [-0.4, -0.2) is 45.7 Å². The van der Waals surface area contributed by atoms with Crippen molar-refractivity contribution < 1.29 is 22.1 Å². The van der Waals surface area contributed by atoms with Crippen molar-refractivity contribution in [2.75, 3.05) is 26.5 Å². The highest BCUT2D eigenvalue weighted by molar-refractivity contribution is 7.86. The molecular weight excluding hydrogens is 354 g/mol. The Kier molecular flexibility index (Phi) is 7.90. The fraction of sp³-hybridized carbons (Fsp3) is 0.632. The van der Waals surface area contributed by atoms with E-state index in [2.05, 4.69) is 0 Å². The molecule has 1 aromatic rings. The molecule has 1 aliphatic carbocycles. The summed E-state index contributed by atoms with van der Waals surface area (Å²) in [6, 6.07) is 6.85. The standard InChI is InChI=1S/C19H29NO5S/c1-24-14-6-13-20(19(21)17-7-4-3-5-8-17)15-16-9-11-18(12-10-16)25-26(2,22)23/h9-12,17H,3-8,13-15H2,1-2H3. The Hall–Kier alpha value is -1.60. The van der Waals surface area contributed by atoms with Gasteiger partial charge in [0, 0.05) is 32.7 Å². The number of nitrogens with zero attached hydrogens (tertiary/aromatic N) is 1. The third-order valence-electron chi connectivity index (χ3n) is 4.59. The Labute approximate surface area is 156 Å². The van der Waals surface area contributed by atoms with Gasteiger partial charge in [-0.3, -0.25) is 4.79 Å². The summed E-state index contributed by atoms with van der Waals surface area (Å²) in [7, 11) is -1.87. The second kappa shape index (κ2) is 9.92. The minimum Gasteiger partial charge on any atom is -0.385 e. The lowest BCUT2D eigenvalue weighted by molar-refractivity contribution is -0.137. The molecule has 0 unspecified atom stereocenters. The number of ether oxygens (including phenoxy) is 1. The second-order valence-electron chi connectivity index (χ2n) is 6.87. The highest BCUT2D eigenvalue weighted by Gasteiger charge is 2.25. The predicted molar refractivity (Wildman–Crippen MR) is 100 cm³/mol. The SMILES string of the molecule is COCCCN(Cc1ccc(OS(C)(=O)=O)cc1)C(=O)C1CCCCC1. The van der Waals surface area contributed by atoms with E-state index in [4.69, 9.17) is 8.92 Å². The van der Waals surface area contributed by atoms with Gasteiger partial charge in [-0.15, -0.1) is 0 Å². The molecule has 1 amide bonds. The molecule has 1 aliphatic rings. The molecule has 0 atom stereocenters. The molecule has 0 aromatic heterocycles.